The predicted molar refractivity (Wildman–Crippen MR) is 96.4 cm³/mol. The van der Waals surface area contributed by atoms with Crippen molar-refractivity contribution in [1.82, 2.24) is 10.6 Å². The second-order valence-electron chi connectivity index (χ2n) is 4.74. The summed E-state index contributed by atoms with van der Waals surface area (Å²) in [6.45, 7) is 3.56. The van der Waals surface area contributed by atoms with Crippen molar-refractivity contribution >= 4 is 35.9 Å². The van der Waals surface area contributed by atoms with E-state index in [1.165, 1.54) is 7.11 Å². The third-order valence-electron chi connectivity index (χ3n) is 2.85. The normalized spacial score (nSPS) is 12.3. The zero-order valence-corrected chi connectivity index (χ0v) is 15.9. The molecule has 0 aromatic rings. The minimum atomic E-state index is -0.125. The molecule has 0 radical (unpaired) electrons. The summed E-state index contributed by atoms with van der Waals surface area (Å²) >= 11 is 0. The molecule has 0 heterocycles. The van der Waals surface area contributed by atoms with Gasteiger partial charge in [-0.15, -0.1) is 24.0 Å². The summed E-state index contributed by atoms with van der Waals surface area (Å²) in [6.07, 6.45) is 4.60. The first-order valence-corrected chi connectivity index (χ1v) is 7.17. The summed E-state index contributed by atoms with van der Waals surface area (Å²) < 4.78 is 9.66. The van der Waals surface area contributed by atoms with Gasteiger partial charge in [-0.05, 0) is 19.8 Å². The van der Waals surface area contributed by atoms with E-state index in [9.17, 15) is 4.79 Å². The lowest BCUT2D eigenvalue weighted by molar-refractivity contribution is -0.140. The monoisotopic (exact) mass is 415 g/mol. The minimum absolute atomic E-state index is 0. The highest BCUT2D eigenvalue weighted by Crippen LogP contribution is 2.03. The van der Waals surface area contributed by atoms with Gasteiger partial charge < -0.3 is 20.1 Å². The van der Waals surface area contributed by atoms with Crippen LogP contribution in [0.2, 0.25) is 0 Å². The molecule has 0 saturated heterocycles. The quantitative estimate of drug-likeness (QED) is 0.188. The molecule has 0 aliphatic heterocycles. The van der Waals surface area contributed by atoms with E-state index in [0.29, 0.717) is 13.0 Å². The molecule has 0 bridgehead atoms. The van der Waals surface area contributed by atoms with E-state index >= 15 is 0 Å². The molecule has 0 aromatic carbocycles. The van der Waals surface area contributed by atoms with Crippen molar-refractivity contribution in [1.29, 1.82) is 0 Å². The highest BCUT2D eigenvalue weighted by atomic mass is 127. The number of carbonyl (C=O) groups is 1. The standard InChI is InChI=1S/C14H29N3O3.HI/c1-12(11-19-3)17-14(15-2)16-10-8-6-5-7-9-13(18)20-4;/h12H,5-11H2,1-4H3,(H2,15,16,17);1H. The van der Waals surface area contributed by atoms with Crippen molar-refractivity contribution in [3.05, 3.63) is 0 Å². The summed E-state index contributed by atoms with van der Waals surface area (Å²) in [5.41, 5.74) is 0. The lowest BCUT2D eigenvalue weighted by Gasteiger charge is -2.17. The highest BCUT2D eigenvalue weighted by molar-refractivity contribution is 14.0. The van der Waals surface area contributed by atoms with Crippen LogP contribution in [-0.4, -0.2) is 52.4 Å². The maximum Gasteiger partial charge on any atom is 0.305 e. The second-order valence-corrected chi connectivity index (χ2v) is 4.74. The van der Waals surface area contributed by atoms with Crippen LogP contribution in [0.25, 0.3) is 0 Å². The van der Waals surface area contributed by atoms with Gasteiger partial charge in [-0.3, -0.25) is 9.79 Å². The van der Waals surface area contributed by atoms with Gasteiger partial charge in [-0.25, -0.2) is 0 Å². The molecule has 0 amide bonds. The van der Waals surface area contributed by atoms with Gasteiger partial charge in [0.1, 0.15) is 0 Å². The molecule has 0 aliphatic rings. The molecule has 0 rings (SSSR count). The van der Waals surface area contributed by atoms with E-state index in [2.05, 4.69) is 20.4 Å². The molecule has 6 nitrogen and oxygen atoms in total. The van der Waals surface area contributed by atoms with Crippen molar-refractivity contribution in [3.63, 3.8) is 0 Å². The molecule has 0 spiro atoms. The van der Waals surface area contributed by atoms with E-state index in [-0.39, 0.29) is 36.0 Å². The Labute approximate surface area is 145 Å². The number of nitrogens with zero attached hydrogens (tertiary/aromatic N) is 1. The molecule has 0 fully saturated rings. The van der Waals surface area contributed by atoms with Crippen LogP contribution < -0.4 is 10.6 Å². The van der Waals surface area contributed by atoms with E-state index in [0.717, 1.165) is 38.2 Å². The zero-order chi connectivity index (χ0) is 15.2. The molecule has 2 N–H and O–H groups in total. The highest BCUT2D eigenvalue weighted by Gasteiger charge is 2.04. The fourth-order valence-corrected chi connectivity index (χ4v) is 1.78. The van der Waals surface area contributed by atoms with Crippen LogP contribution in [0.1, 0.15) is 39.0 Å². The first-order chi connectivity index (χ1) is 9.63. The van der Waals surface area contributed by atoms with Crippen molar-refractivity contribution in [3.8, 4) is 0 Å². The Hall–Kier alpha value is -0.570. The van der Waals surface area contributed by atoms with Crippen molar-refractivity contribution in [2.24, 2.45) is 4.99 Å². The Morgan fingerprint density at radius 2 is 1.86 bits per heavy atom. The summed E-state index contributed by atoms with van der Waals surface area (Å²) in [4.78, 5) is 15.1. The van der Waals surface area contributed by atoms with E-state index < -0.39 is 0 Å². The number of nitrogens with one attached hydrogen (secondary N) is 2. The second kappa shape index (κ2) is 15.8. The van der Waals surface area contributed by atoms with Crippen molar-refractivity contribution in [2.45, 2.75) is 45.1 Å². The van der Waals surface area contributed by atoms with Crippen LogP contribution in [0.4, 0.5) is 0 Å². The van der Waals surface area contributed by atoms with Crippen molar-refractivity contribution < 1.29 is 14.3 Å². The molecular formula is C14H30IN3O3. The fraction of sp³-hybridized carbons (Fsp3) is 0.857. The number of unbranched alkanes of at least 4 members (excludes halogenated alkanes) is 3. The van der Waals surface area contributed by atoms with E-state index in [4.69, 9.17) is 4.74 Å². The molecule has 0 aliphatic carbocycles. The third-order valence-corrected chi connectivity index (χ3v) is 2.85. The third kappa shape index (κ3) is 14.1. The molecule has 1 atom stereocenters. The van der Waals surface area contributed by atoms with Gasteiger partial charge >= 0.3 is 5.97 Å². The lowest BCUT2D eigenvalue weighted by Crippen LogP contribution is -2.44. The largest absolute Gasteiger partial charge is 0.469 e. The summed E-state index contributed by atoms with van der Waals surface area (Å²) in [5, 5.41) is 6.51. The molecular weight excluding hydrogens is 385 g/mol. The Bertz CT molecular complexity index is 289. The van der Waals surface area contributed by atoms with E-state index in [1.807, 2.05) is 6.92 Å². The van der Waals surface area contributed by atoms with Crippen LogP contribution in [0.15, 0.2) is 4.99 Å². The van der Waals surface area contributed by atoms with Gasteiger partial charge in [0.2, 0.25) is 0 Å². The van der Waals surface area contributed by atoms with Crippen LogP contribution in [-0.2, 0) is 14.3 Å². The zero-order valence-electron chi connectivity index (χ0n) is 13.6. The Balaban J connectivity index is 0. The first kappa shape index (κ1) is 22.7. The predicted octanol–water partition coefficient (Wildman–Crippen LogP) is 1.93. The molecule has 0 saturated carbocycles. The van der Waals surface area contributed by atoms with Gasteiger partial charge in [0.25, 0.3) is 0 Å². The summed E-state index contributed by atoms with van der Waals surface area (Å²) in [6, 6.07) is 0.228. The molecule has 1 unspecified atom stereocenters. The smallest absolute Gasteiger partial charge is 0.305 e. The number of carbonyl (C=O) groups excluding carboxylic acids is 1. The minimum Gasteiger partial charge on any atom is -0.469 e. The van der Waals surface area contributed by atoms with Gasteiger partial charge in [-0.1, -0.05) is 12.8 Å². The number of guanidine groups is 1. The maximum absolute atomic E-state index is 10.9. The Morgan fingerprint density at radius 3 is 2.43 bits per heavy atom. The topological polar surface area (TPSA) is 72.0 Å². The maximum atomic E-state index is 10.9. The number of hydrogen-bond acceptors (Lipinski definition) is 4. The van der Waals surface area contributed by atoms with E-state index in [1.54, 1.807) is 14.2 Å². The Kier molecular flexibility index (Phi) is 17.1. The molecule has 126 valence electrons. The van der Waals surface area contributed by atoms with Crippen molar-refractivity contribution in [2.75, 3.05) is 34.4 Å². The number of aliphatic imine (C=N–C) groups is 1. The summed E-state index contributed by atoms with van der Waals surface area (Å²) in [5.74, 6) is 0.670. The number of ether oxygens (including phenoxy) is 2. The molecule has 0 aromatic heterocycles. The SMILES string of the molecule is CN=C(NCCCCCCC(=O)OC)NC(C)COC.I. The van der Waals surface area contributed by atoms with Gasteiger partial charge in [0, 0.05) is 33.2 Å². The van der Waals surface area contributed by atoms with Gasteiger partial charge in [0.05, 0.1) is 13.7 Å². The fourth-order valence-electron chi connectivity index (χ4n) is 1.78. The number of halogens is 1. The average molecular weight is 415 g/mol. The van der Waals surface area contributed by atoms with Crippen LogP contribution in [0.5, 0.6) is 0 Å². The first-order valence-electron chi connectivity index (χ1n) is 7.17. The Morgan fingerprint density at radius 1 is 1.19 bits per heavy atom. The number of methoxy groups -OCH3 is 2. The molecule has 7 heteroatoms. The van der Waals surface area contributed by atoms with Crippen LogP contribution >= 0.6 is 24.0 Å². The van der Waals surface area contributed by atoms with Gasteiger partial charge in [0.15, 0.2) is 5.96 Å². The lowest BCUT2D eigenvalue weighted by atomic mass is 10.1. The van der Waals surface area contributed by atoms with Crippen LogP contribution in [0, 0.1) is 0 Å². The average Bonchev–Trinajstić information content (AvgIpc) is 2.44. The number of hydrogen-bond donors (Lipinski definition) is 2. The summed E-state index contributed by atoms with van der Waals surface area (Å²) in [7, 11) is 4.86. The van der Waals surface area contributed by atoms with Crippen LogP contribution in [0.3, 0.4) is 0 Å². The number of esters is 1. The number of rotatable bonds is 10. The van der Waals surface area contributed by atoms with Gasteiger partial charge in [-0.2, -0.15) is 0 Å². The molecule has 21 heavy (non-hydrogen) atoms.